The van der Waals surface area contributed by atoms with Crippen molar-refractivity contribution in [3.63, 3.8) is 0 Å². The molecule has 0 aromatic heterocycles. The van der Waals surface area contributed by atoms with Gasteiger partial charge >= 0.3 is 5.97 Å². The molecule has 1 N–H and O–H groups in total. The second-order valence-electron chi connectivity index (χ2n) is 5.60. The fraction of sp³-hybridized carbons (Fsp3) is 0.562. The van der Waals surface area contributed by atoms with Crippen LogP contribution in [0, 0.1) is 0 Å². The number of hydrogen-bond donors (Lipinski definition) is 1. The number of rotatable bonds is 6. The lowest BCUT2D eigenvalue weighted by atomic mass is 10.0. The smallest absolute Gasteiger partial charge is 0.320 e. The Hall–Kier alpha value is -1.95. The lowest BCUT2D eigenvalue weighted by Gasteiger charge is -2.32. The number of piperidine rings is 1. The Balaban J connectivity index is 1.44. The zero-order valence-electron chi connectivity index (χ0n) is 12.5. The zero-order chi connectivity index (χ0) is 15.4. The molecule has 1 atom stereocenters. The van der Waals surface area contributed by atoms with Crippen molar-refractivity contribution in [1.29, 1.82) is 0 Å². The fourth-order valence-corrected chi connectivity index (χ4v) is 2.96. The van der Waals surface area contributed by atoms with Crippen LogP contribution in [0.15, 0.2) is 18.2 Å². The molecule has 1 aromatic rings. The first kappa shape index (κ1) is 15.0. The summed E-state index contributed by atoms with van der Waals surface area (Å²) in [4.78, 5) is 13.3. The van der Waals surface area contributed by atoms with E-state index in [2.05, 4.69) is 4.90 Å². The van der Waals surface area contributed by atoms with E-state index in [0.29, 0.717) is 12.4 Å². The van der Waals surface area contributed by atoms with E-state index < -0.39 is 5.97 Å². The molecule has 0 radical (unpaired) electrons. The van der Waals surface area contributed by atoms with Crippen molar-refractivity contribution in [3.05, 3.63) is 18.2 Å². The zero-order valence-corrected chi connectivity index (χ0v) is 12.5. The summed E-state index contributed by atoms with van der Waals surface area (Å²) >= 11 is 0. The lowest BCUT2D eigenvalue weighted by molar-refractivity contribution is -0.144. The maximum Gasteiger partial charge on any atom is 0.320 e. The number of hydrogen-bond acceptors (Lipinski definition) is 5. The standard InChI is InChI=1S/C16H21NO5/c18-16(19)13-4-1-2-7-17(13)8-3-9-20-12-5-6-14-15(10-12)22-11-21-14/h5-6,10,13H,1-4,7-9,11H2,(H,18,19). The molecule has 1 unspecified atom stereocenters. The molecule has 2 heterocycles. The normalized spacial score (nSPS) is 20.8. The van der Waals surface area contributed by atoms with Crippen LogP contribution in [0.4, 0.5) is 0 Å². The summed E-state index contributed by atoms with van der Waals surface area (Å²) in [5, 5.41) is 9.23. The van der Waals surface area contributed by atoms with Gasteiger partial charge < -0.3 is 19.3 Å². The van der Waals surface area contributed by atoms with Crippen molar-refractivity contribution >= 4 is 5.97 Å². The van der Waals surface area contributed by atoms with Gasteiger partial charge in [0.25, 0.3) is 0 Å². The third kappa shape index (κ3) is 3.44. The molecule has 0 spiro atoms. The predicted molar refractivity (Wildman–Crippen MR) is 79.5 cm³/mol. The van der Waals surface area contributed by atoms with Gasteiger partial charge in [-0.15, -0.1) is 0 Å². The molecule has 22 heavy (non-hydrogen) atoms. The van der Waals surface area contributed by atoms with Crippen molar-refractivity contribution < 1.29 is 24.1 Å². The number of benzene rings is 1. The lowest BCUT2D eigenvalue weighted by Crippen LogP contribution is -2.45. The highest BCUT2D eigenvalue weighted by atomic mass is 16.7. The Morgan fingerprint density at radius 2 is 2.18 bits per heavy atom. The first-order chi connectivity index (χ1) is 10.7. The van der Waals surface area contributed by atoms with Crippen molar-refractivity contribution in [2.24, 2.45) is 0 Å². The highest BCUT2D eigenvalue weighted by molar-refractivity contribution is 5.73. The summed E-state index contributed by atoms with van der Waals surface area (Å²) in [7, 11) is 0. The van der Waals surface area contributed by atoms with Gasteiger partial charge in [0.2, 0.25) is 6.79 Å². The molecule has 0 aliphatic carbocycles. The summed E-state index contributed by atoms with van der Waals surface area (Å²) in [6.45, 7) is 2.43. The summed E-state index contributed by atoms with van der Waals surface area (Å²) in [6, 6.07) is 5.18. The maximum absolute atomic E-state index is 11.2. The van der Waals surface area contributed by atoms with E-state index in [1.165, 1.54) is 0 Å². The number of ether oxygens (including phenoxy) is 3. The molecular weight excluding hydrogens is 286 g/mol. The van der Waals surface area contributed by atoms with Crippen LogP contribution in [-0.2, 0) is 4.79 Å². The molecule has 120 valence electrons. The Bertz CT molecular complexity index is 533. The van der Waals surface area contributed by atoms with Gasteiger partial charge in [-0.05, 0) is 37.9 Å². The van der Waals surface area contributed by atoms with Crippen LogP contribution in [-0.4, -0.2) is 48.5 Å². The molecule has 1 saturated heterocycles. The van der Waals surface area contributed by atoms with Gasteiger partial charge in [0.15, 0.2) is 11.5 Å². The van der Waals surface area contributed by atoms with Crippen molar-refractivity contribution in [2.45, 2.75) is 31.7 Å². The number of nitrogens with zero attached hydrogens (tertiary/aromatic N) is 1. The summed E-state index contributed by atoms with van der Waals surface area (Å²) in [6.07, 6.45) is 3.63. The molecule has 2 aliphatic rings. The van der Waals surface area contributed by atoms with Crippen LogP contribution in [0.25, 0.3) is 0 Å². The molecule has 6 heteroatoms. The van der Waals surface area contributed by atoms with Gasteiger partial charge in [-0.1, -0.05) is 6.42 Å². The Morgan fingerprint density at radius 3 is 3.05 bits per heavy atom. The third-order valence-corrected chi connectivity index (χ3v) is 4.10. The number of likely N-dealkylation sites (tertiary alicyclic amines) is 1. The van der Waals surface area contributed by atoms with E-state index in [9.17, 15) is 9.90 Å². The summed E-state index contributed by atoms with van der Waals surface area (Å²) in [5.41, 5.74) is 0. The highest BCUT2D eigenvalue weighted by Crippen LogP contribution is 2.35. The van der Waals surface area contributed by atoms with Gasteiger partial charge in [-0.2, -0.15) is 0 Å². The first-order valence-electron chi connectivity index (χ1n) is 7.73. The van der Waals surface area contributed by atoms with E-state index in [1.807, 2.05) is 18.2 Å². The van der Waals surface area contributed by atoms with E-state index >= 15 is 0 Å². The quantitative estimate of drug-likeness (QED) is 0.812. The van der Waals surface area contributed by atoms with Gasteiger partial charge in [0, 0.05) is 12.6 Å². The summed E-state index contributed by atoms with van der Waals surface area (Å²) < 4.78 is 16.3. The van der Waals surface area contributed by atoms with E-state index in [0.717, 1.165) is 50.3 Å². The number of carboxylic acids is 1. The third-order valence-electron chi connectivity index (χ3n) is 4.10. The average Bonchev–Trinajstić information content (AvgIpc) is 2.99. The van der Waals surface area contributed by atoms with Gasteiger partial charge in [-0.25, -0.2) is 0 Å². The number of carbonyl (C=O) groups is 1. The molecular formula is C16H21NO5. The Morgan fingerprint density at radius 1 is 1.32 bits per heavy atom. The van der Waals surface area contributed by atoms with E-state index in [4.69, 9.17) is 14.2 Å². The molecule has 1 aromatic carbocycles. The highest BCUT2D eigenvalue weighted by Gasteiger charge is 2.27. The van der Waals surface area contributed by atoms with E-state index in [1.54, 1.807) is 0 Å². The van der Waals surface area contributed by atoms with Crippen LogP contribution < -0.4 is 14.2 Å². The van der Waals surface area contributed by atoms with Crippen LogP contribution in [0.5, 0.6) is 17.2 Å². The minimum atomic E-state index is -0.712. The number of carboxylic acid groups (broad SMARTS) is 1. The van der Waals surface area contributed by atoms with Crippen molar-refractivity contribution in [3.8, 4) is 17.2 Å². The predicted octanol–water partition coefficient (Wildman–Crippen LogP) is 2.12. The second kappa shape index (κ2) is 6.87. The van der Waals surface area contributed by atoms with Crippen LogP contribution >= 0.6 is 0 Å². The topological polar surface area (TPSA) is 68.2 Å². The minimum absolute atomic E-state index is 0.254. The van der Waals surface area contributed by atoms with Crippen LogP contribution in [0.1, 0.15) is 25.7 Å². The number of fused-ring (bicyclic) bond motifs is 1. The Kier molecular flexibility index (Phi) is 4.68. The first-order valence-corrected chi connectivity index (χ1v) is 7.73. The van der Waals surface area contributed by atoms with Crippen molar-refractivity contribution in [2.75, 3.05) is 26.5 Å². The largest absolute Gasteiger partial charge is 0.493 e. The minimum Gasteiger partial charge on any atom is -0.493 e. The van der Waals surface area contributed by atoms with Crippen LogP contribution in [0.2, 0.25) is 0 Å². The molecule has 2 aliphatic heterocycles. The van der Waals surface area contributed by atoms with Gasteiger partial charge in [0.1, 0.15) is 11.8 Å². The second-order valence-corrected chi connectivity index (χ2v) is 5.60. The van der Waals surface area contributed by atoms with Gasteiger partial charge in [0.05, 0.1) is 6.61 Å². The van der Waals surface area contributed by atoms with E-state index in [-0.39, 0.29) is 12.8 Å². The average molecular weight is 307 g/mol. The molecule has 0 amide bonds. The SMILES string of the molecule is O=C(O)C1CCCCN1CCCOc1ccc2c(c1)OCO2. The Labute approximate surface area is 129 Å². The molecule has 0 bridgehead atoms. The van der Waals surface area contributed by atoms with Crippen LogP contribution in [0.3, 0.4) is 0 Å². The fourth-order valence-electron chi connectivity index (χ4n) is 2.96. The summed E-state index contributed by atoms with van der Waals surface area (Å²) in [5.74, 6) is 1.48. The number of aliphatic carboxylic acids is 1. The molecule has 3 rings (SSSR count). The van der Waals surface area contributed by atoms with Crippen molar-refractivity contribution in [1.82, 2.24) is 4.90 Å². The molecule has 0 saturated carbocycles. The monoisotopic (exact) mass is 307 g/mol. The molecule has 6 nitrogen and oxygen atoms in total. The van der Waals surface area contributed by atoms with Gasteiger partial charge in [-0.3, -0.25) is 9.69 Å². The maximum atomic E-state index is 11.2. The molecule has 1 fully saturated rings.